The predicted octanol–water partition coefficient (Wildman–Crippen LogP) is 3.26. The summed E-state index contributed by atoms with van der Waals surface area (Å²) in [6.45, 7) is 0. The fourth-order valence-electron chi connectivity index (χ4n) is 2.88. The molecule has 0 bridgehead atoms. The molecule has 1 heterocycles. The van der Waals surface area contributed by atoms with E-state index in [1.165, 1.54) is 30.0 Å². The lowest BCUT2D eigenvalue weighted by Crippen LogP contribution is -2.33. The number of aromatic nitrogens is 1. The average Bonchev–Trinajstić information content (AvgIpc) is 2.76. The van der Waals surface area contributed by atoms with Gasteiger partial charge in [-0.25, -0.2) is 4.79 Å². The maximum absolute atomic E-state index is 12.9. The first-order valence-electron chi connectivity index (χ1n) is 8.98. The van der Waals surface area contributed by atoms with Gasteiger partial charge in [-0.1, -0.05) is 60.7 Å². The summed E-state index contributed by atoms with van der Waals surface area (Å²) in [6, 6.07) is 20.3. The van der Waals surface area contributed by atoms with Crippen LogP contribution in [0.25, 0.3) is 6.08 Å². The molecule has 0 saturated heterocycles. The Kier molecular flexibility index (Phi) is 6.37. The molecule has 0 radical (unpaired) electrons. The van der Waals surface area contributed by atoms with Crippen molar-refractivity contribution in [3.05, 3.63) is 107 Å². The Hall–Kier alpha value is -3.93. The summed E-state index contributed by atoms with van der Waals surface area (Å²) in [7, 11) is 1.27. The molecule has 0 aliphatic rings. The highest BCUT2D eigenvalue weighted by molar-refractivity contribution is 6.01. The molecule has 1 N–H and O–H groups in total. The molecule has 3 rings (SSSR count). The minimum atomic E-state index is -0.953. The van der Waals surface area contributed by atoms with Gasteiger partial charge in [0.1, 0.15) is 5.69 Å². The van der Waals surface area contributed by atoms with Crippen molar-refractivity contribution in [1.82, 2.24) is 4.57 Å². The van der Waals surface area contributed by atoms with Gasteiger partial charge in [-0.3, -0.25) is 14.2 Å². The first-order chi connectivity index (χ1) is 14.1. The van der Waals surface area contributed by atoms with Crippen molar-refractivity contribution in [2.75, 3.05) is 12.4 Å². The van der Waals surface area contributed by atoms with Gasteiger partial charge >= 0.3 is 5.97 Å². The topological polar surface area (TPSA) is 77.4 Å². The van der Waals surface area contributed by atoms with Crippen LogP contribution in [0.1, 0.15) is 17.2 Å². The van der Waals surface area contributed by atoms with Crippen LogP contribution >= 0.6 is 0 Å². The average molecular weight is 388 g/mol. The highest BCUT2D eigenvalue weighted by atomic mass is 16.5. The van der Waals surface area contributed by atoms with Crippen LogP contribution in [0.3, 0.4) is 0 Å². The largest absolute Gasteiger partial charge is 0.467 e. The molecule has 146 valence electrons. The van der Waals surface area contributed by atoms with Crippen LogP contribution in [-0.2, 0) is 14.3 Å². The summed E-state index contributed by atoms with van der Waals surface area (Å²) in [5, 5.41) is 2.57. The van der Waals surface area contributed by atoms with E-state index >= 15 is 0 Å². The van der Waals surface area contributed by atoms with Crippen molar-refractivity contribution in [2.24, 2.45) is 0 Å². The first kappa shape index (κ1) is 19.8. The van der Waals surface area contributed by atoms with Crippen LogP contribution in [0.4, 0.5) is 5.69 Å². The molecule has 0 aliphatic carbocycles. The number of hydrogen-bond acceptors (Lipinski definition) is 4. The standard InChI is InChI=1S/C23H20N2O4/c1-29-23(28)21(18-11-6-3-7-12-18)25-16-8-13-19(22(25)27)24-20(26)15-14-17-9-4-2-5-10-17/h2-16,21H,1H3,(H,24,26)/b15-14+. The van der Waals surface area contributed by atoms with E-state index in [-0.39, 0.29) is 5.69 Å². The van der Waals surface area contributed by atoms with Gasteiger partial charge in [0, 0.05) is 12.3 Å². The van der Waals surface area contributed by atoms with Crippen molar-refractivity contribution >= 4 is 23.6 Å². The minimum absolute atomic E-state index is 0.0695. The van der Waals surface area contributed by atoms with Crippen LogP contribution in [0.2, 0.25) is 0 Å². The number of rotatable bonds is 6. The zero-order chi connectivity index (χ0) is 20.6. The molecule has 1 unspecified atom stereocenters. The summed E-state index contributed by atoms with van der Waals surface area (Å²) < 4.78 is 6.14. The van der Waals surface area contributed by atoms with Crippen molar-refractivity contribution in [3.63, 3.8) is 0 Å². The van der Waals surface area contributed by atoms with Crippen LogP contribution in [0.15, 0.2) is 89.9 Å². The normalized spacial score (nSPS) is 11.8. The van der Waals surface area contributed by atoms with E-state index in [1.54, 1.807) is 36.4 Å². The maximum Gasteiger partial charge on any atom is 0.333 e. The van der Waals surface area contributed by atoms with E-state index in [9.17, 15) is 14.4 Å². The van der Waals surface area contributed by atoms with E-state index in [4.69, 9.17) is 4.74 Å². The molecular formula is C23H20N2O4. The molecule has 2 aromatic carbocycles. The number of nitrogens with zero attached hydrogens (tertiary/aromatic N) is 1. The Morgan fingerprint density at radius 3 is 2.28 bits per heavy atom. The summed E-state index contributed by atoms with van der Waals surface area (Å²) in [4.78, 5) is 37.5. The molecule has 3 aromatic rings. The molecule has 0 fully saturated rings. The van der Waals surface area contributed by atoms with Gasteiger partial charge in [0.15, 0.2) is 6.04 Å². The number of benzene rings is 2. The molecule has 0 aliphatic heterocycles. The number of anilines is 1. The van der Waals surface area contributed by atoms with E-state index in [0.29, 0.717) is 5.56 Å². The minimum Gasteiger partial charge on any atom is -0.467 e. The fraction of sp³-hybridized carbons (Fsp3) is 0.0870. The van der Waals surface area contributed by atoms with Crippen molar-refractivity contribution in [2.45, 2.75) is 6.04 Å². The van der Waals surface area contributed by atoms with Gasteiger partial charge in [0.2, 0.25) is 5.91 Å². The Bertz CT molecular complexity index is 1070. The van der Waals surface area contributed by atoms with Crippen molar-refractivity contribution < 1.29 is 14.3 Å². The van der Waals surface area contributed by atoms with Gasteiger partial charge in [-0.05, 0) is 29.3 Å². The fourth-order valence-corrected chi connectivity index (χ4v) is 2.88. The molecule has 6 heteroatoms. The molecule has 6 nitrogen and oxygen atoms in total. The van der Waals surface area contributed by atoms with Crippen LogP contribution in [0, 0.1) is 0 Å². The molecule has 0 saturated carbocycles. The summed E-state index contributed by atoms with van der Waals surface area (Å²) in [6.07, 6.45) is 4.49. The SMILES string of the molecule is COC(=O)C(c1ccccc1)n1cccc(NC(=O)/C=C/c2ccccc2)c1=O. The first-order valence-corrected chi connectivity index (χ1v) is 8.98. The van der Waals surface area contributed by atoms with Crippen LogP contribution < -0.4 is 10.9 Å². The Balaban J connectivity index is 1.88. The summed E-state index contributed by atoms with van der Waals surface area (Å²) >= 11 is 0. The zero-order valence-corrected chi connectivity index (χ0v) is 15.8. The monoisotopic (exact) mass is 388 g/mol. The van der Waals surface area contributed by atoms with Crippen LogP contribution in [-0.4, -0.2) is 23.6 Å². The molecule has 1 amide bonds. The number of carbonyl (C=O) groups excluding carboxylic acids is 2. The van der Waals surface area contributed by atoms with Gasteiger partial charge in [0.25, 0.3) is 5.56 Å². The number of carbonyl (C=O) groups is 2. The number of nitrogens with one attached hydrogen (secondary N) is 1. The third-order valence-electron chi connectivity index (χ3n) is 4.28. The second-order valence-electron chi connectivity index (χ2n) is 6.20. The zero-order valence-electron chi connectivity index (χ0n) is 15.8. The highest BCUT2D eigenvalue weighted by Crippen LogP contribution is 2.19. The third-order valence-corrected chi connectivity index (χ3v) is 4.28. The number of pyridine rings is 1. The lowest BCUT2D eigenvalue weighted by atomic mass is 10.1. The van der Waals surface area contributed by atoms with Gasteiger partial charge in [-0.15, -0.1) is 0 Å². The smallest absolute Gasteiger partial charge is 0.333 e. The van der Waals surface area contributed by atoms with Gasteiger partial charge in [0.05, 0.1) is 7.11 Å². The number of esters is 1. The van der Waals surface area contributed by atoms with Crippen LogP contribution in [0.5, 0.6) is 0 Å². The Morgan fingerprint density at radius 1 is 0.966 bits per heavy atom. The Morgan fingerprint density at radius 2 is 1.62 bits per heavy atom. The number of ether oxygens (including phenoxy) is 1. The second-order valence-corrected chi connectivity index (χ2v) is 6.20. The lowest BCUT2D eigenvalue weighted by molar-refractivity contribution is -0.143. The number of methoxy groups -OCH3 is 1. The predicted molar refractivity (Wildman–Crippen MR) is 111 cm³/mol. The second kappa shape index (κ2) is 9.32. The van der Waals surface area contributed by atoms with E-state index in [1.807, 2.05) is 36.4 Å². The van der Waals surface area contributed by atoms with Gasteiger partial charge < -0.3 is 10.1 Å². The lowest BCUT2D eigenvalue weighted by Gasteiger charge is -2.18. The molecule has 29 heavy (non-hydrogen) atoms. The van der Waals surface area contributed by atoms with Gasteiger partial charge in [-0.2, -0.15) is 0 Å². The number of hydrogen-bond donors (Lipinski definition) is 1. The maximum atomic E-state index is 12.9. The van der Waals surface area contributed by atoms with E-state index < -0.39 is 23.5 Å². The van der Waals surface area contributed by atoms with E-state index in [0.717, 1.165) is 5.56 Å². The Labute approximate surface area is 168 Å². The molecule has 0 spiro atoms. The number of amides is 1. The summed E-state index contributed by atoms with van der Waals surface area (Å²) in [5.41, 5.74) is 1.03. The van der Waals surface area contributed by atoms with E-state index in [2.05, 4.69) is 5.32 Å². The quantitative estimate of drug-likeness (QED) is 0.519. The van der Waals surface area contributed by atoms with Crippen molar-refractivity contribution in [1.29, 1.82) is 0 Å². The molecule has 1 atom stereocenters. The molecular weight excluding hydrogens is 368 g/mol. The highest BCUT2D eigenvalue weighted by Gasteiger charge is 2.25. The third kappa shape index (κ3) is 4.87. The van der Waals surface area contributed by atoms with Crippen molar-refractivity contribution in [3.8, 4) is 0 Å². The molecule has 1 aromatic heterocycles. The summed E-state index contributed by atoms with van der Waals surface area (Å²) in [5.74, 6) is -1.02.